The molecule has 1 aliphatic heterocycles. The van der Waals surface area contributed by atoms with Gasteiger partial charge in [-0.1, -0.05) is 17.7 Å². The molecule has 1 aliphatic rings. The fourth-order valence-electron chi connectivity index (χ4n) is 2.62. The van der Waals surface area contributed by atoms with Crippen molar-refractivity contribution in [2.45, 2.75) is 18.9 Å². The van der Waals surface area contributed by atoms with Gasteiger partial charge >= 0.3 is 0 Å². The zero-order chi connectivity index (χ0) is 15.6. The number of benzene rings is 1. The van der Waals surface area contributed by atoms with E-state index in [-0.39, 0.29) is 23.0 Å². The van der Waals surface area contributed by atoms with Crippen LogP contribution in [0.25, 0.3) is 0 Å². The molecule has 126 valence electrons. The van der Waals surface area contributed by atoms with Gasteiger partial charge in [-0.3, -0.25) is 4.90 Å². The van der Waals surface area contributed by atoms with Gasteiger partial charge in [-0.05, 0) is 18.6 Å². The number of halogens is 5. The third-order valence-corrected chi connectivity index (χ3v) is 4.22. The number of nitrogens with zero attached hydrogens (tertiary/aromatic N) is 1. The molecule has 8 heteroatoms. The van der Waals surface area contributed by atoms with E-state index in [9.17, 15) is 13.2 Å². The van der Waals surface area contributed by atoms with Gasteiger partial charge in [0.15, 0.2) is 0 Å². The molecule has 22 heavy (non-hydrogen) atoms. The maximum atomic E-state index is 14.2. The first kappa shape index (κ1) is 19.5. The normalized spacial score (nSPS) is 17.9. The summed E-state index contributed by atoms with van der Waals surface area (Å²) in [5, 5.41) is 12.1. The van der Waals surface area contributed by atoms with Crippen LogP contribution in [0, 0.1) is 12.7 Å². The third-order valence-electron chi connectivity index (χ3n) is 3.72. The van der Waals surface area contributed by atoms with E-state index in [0.29, 0.717) is 31.7 Å². The Kier molecular flexibility index (Phi) is 6.95. The summed E-state index contributed by atoms with van der Waals surface area (Å²) < 4.78 is 42.6. The second-order valence-electron chi connectivity index (χ2n) is 5.20. The van der Waals surface area contributed by atoms with Crippen molar-refractivity contribution in [2.24, 2.45) is 0 Å². The molecule has 0 aromatic heterocycles. The highest BCUT2D eigenvalue weighted by Crippen LogP contribution is 2.41. The molecule has 1 aromatic carbocycles. The van der Waals surface area contributed by atoms with Crippen LogP contribution in [0.4, 0.5) is 13.2 Å². The van der Waals surface area contributed by atoms with Crippen molar-refractivity contribution in [1.82, 2.24) is 10.2 Å². The number of hydrogen-bond acceptors (Lipinski definition) is 3. The molecular formula is C14H19Cl2F3N2O. The Morgan fingerprint density at radius 1 is 1.36 bits per heavy atom. The lowest BCUT2D eigenvalue weighted by Gasteiger charge is -2.39. The summed E-state index contributed by atoms with van der Waals surface area (Å²) in [5.41, 5.74) is 0.291. The Bertz CT molecular complexity index is 511. The standard InChI is InChI=1S/C14H18ClF3N2O.ClH/c1-9-2-3-10(16)11(12(9)15)13(14(17,18)8-21)20-6-4-19-5-7-20;/h2-3,13,19,21H,4-8H2,1H3;1H/t13-;/m0./s1. The average molecular weight is 359 g/mol. The van der Waals surface area contributed by atoms with Gasteiger partial charge < -0.3 is 10.4 Å². The Labute approximate surface area is 138 Å². The van der Waals surface area contributed by atoms with Crippen molar-refractivity contribution in [1.29, 1.82) is 0 Å². The lowest BCUT2D eigenvalue weighted by atomic mass is 9.96. The van der Waals surface area contributed by atoms with Crippen LogP contribution < -0.4 is 5.32 Å². The predicted molar refractivity (Wildman–Crippen MR) is 82.6 cm³/mol. The first-order chi connectivity index (χ1) is 9.88. The van der Waals surface area contributed by atoms with Gasteiger partial charge in [0.25, 0.3) is 5.92 Å². The van der Waals surface area contributed by atoms with E-state index in [1.165, 1.54) is 11.0 Å². The molecule has 0 amide bonds. The van der Waals surface area contributed by atoms with Crippen LogP contribution in [0.2, 0.25) is 5.02 Å². The fourth-order valence-corrected chi connectivity index (χ4v) is 2.87. The Morgan fingerprint density at radius 3 is 2.50 bits per heavy atom. The maximum absolute atomic E-state index is 14.2. The summed E-state index contributed by atoms with van der Waals surface area (Å²) in [6.07, 6.45) is 0. The highest BCUT2D eigenvalue weighted by molar-refractivity contribution is 6.32. The second-order valence-corrected chi connectivity index (χ2v) is 5.58. The van der Waals surface area contributed by atoms with E-state index in [1.807, 2.05) is 0 Å². The molecule has 0 spiro atoms. The van der Waals surface area contributed by atoms with E-state index in [1.54, 1.807) is 6.92 Å². The van der Waals surface area contributed by atoms with Crippen LogP contribution >= 0.6 is 24.0 Å². The van der Waals surface area contributed by atoms with Crippen molar-refractivity contribution in [3.8, 4) is 0 Å². The number of hydrogen-bond donors (Lipinski definition) is 2. The molecule has 0 aliphatic carbocycles. The molecule has 0 unspecified atom stereocenters. The summed E-state index contributed by atoms with van der Waals surface area (Å²) in [7, 11) is 0. The van der Waals surface area contributed by atoms with Crippen molar-refractivity contribution >= 4 is 24.0 Å². The molecule has 1 aromatic rings. The topological polar surface area (TPSA) is 35.5 Å². The molecule has 2 N–H and O–H groups in total. The number of aryl methyl sites for hydroxylation is 1. The van der Waals surface area contributed by atoms with Gasteiger partial charge in [0.05, 0.1) is 5.02 Å². The van der Waals surface area contributed by atoms with Crippen LogP contribution in [0.3, 0.4) is 0 Å². The third kappa shape index (κ3) is 3.86. The first-order valence-corrected chi connectivity index (χ1v) is 7.14. The fraction of sp³-hybridized carbons (Fsp3) is 0.571. The molecule has 0 bridgehead atoms. The van der Waals surface area contributed by atoms with Gasteiger partial charge in [0.2, 0.25) is 0 Å². The minimum absolute atomic E-state index is 0. The minimum atomic E-state index is -3.48. The second kappa shape index (κ2) is 7.84. The highest BCUT2D eigenvalue weighted by atomic mass is 35.5. The molecule has 3 nitrogen and oxygen atoms in total. The number of rotatable bonds is 4. The average Bonchev–Trinajstić information content (AvgIpc) is 2.48. The zero-order valence-corrected chi connectivity index (χ0v) is 13.7. The summed E-state index contributed by atoms with van der Waals surface area (Å²) in [5.74, 6) is -4.25. The van der Waals surface area contributed by atoms with Crippen molar-refractivity contribution in [2.75, 3.05) is 32.8 Å². The molecule has 0 radical (unpaired) electrons. The van der Waals surface area contributed by atoms with Crippen LogP contribution in [-0.2, 0) is 0 Å². The lowest BCUT2D eigenvalue weighted by molar-refractivity contribution is -0.119. The molecule has 1 heterocycles. The predicted octanol–water partition coefficient (Wildman–Crippen LogP) is 2.78. The monoisotopic (exact) mass is 358 g/mol. The Morgan fingerprint density at radius 2 is 1.95 bits per heavy atom. The summed E-state index contributed by atoms with van der Waals surface area (Å²) in [6, 6.07) is 1.02. The molecule has 0 saturated carbocycles. The first-order valence-electron chi connectivity index (χ1n) is 6.76. The quantitative estimate of drug-likeness (QED) is 0.868. The van der Waals surface area contributed by atoms with Crippen LogP contribution in [0.15, 0.2) is 12.1 Å². The van der Waals surface area contributed by atoms with Gasteiger partial charge in [-0.25, -0.2) is 13.2 Å². The van der Waals surface area contributed by atoms with Gasteiger partial charge in [0, 0.05) is 31.7 Å². The van der Waals surface area contributed by atoms with Crippen molar-refractivity contribution < 1.29 is 18.3 Å². The number of aliphatic hydroxyl groups excluding tert-OH is 1. The smallest absolute Gasteiger partial charge is 0.290 e. The lowest BCUT2D eigenvalue weighted by Crippen LogP contribution is -2.51. The maximum Gasteiger partial charge on any atom is 0.290 e. The van der Waals surface area contributed by atoms with Crippen LogP contribution in [0.1, 0.15) is 17.2 Å². The SMILES string of the molecule is Cc1ccc(F)c([C@H](N2CCNCC2)C(F)(F)CO)c1Cl.Cl. The summed E-state index contributed by atoms with van der Waals surface area (Å²) in [6.45, 7) is 2.02. The zero-order valence-electron chi connectivity index (χ0n) is 12.1. The summed E-state index contributed by atoms with van der Waals surface area (Å²) >= 11 is 6.08. The van der Waals surface area contributed by atoms with Crippen molar-refractivity contribution in [3.63, 3.8) is 0 Å². The summed E-state index contributed by atoms with van der Waals surface area (Å²) in [4.78, 5) is 1.47. The number of alkyl halides is 2. The van der Waals surface area contributed by atoms with E-state index < -0.39 is 24.4 Å². The largest absolute Gasteiger partial charge is 0.390 e. The minimum Gasteiger partial charge on any atom is -0.390 e. The Balaban J connectivity index is 0.00000242. The molecule has 1 fully saturated rings. The number of piperazine rings is 1. The highest BCUT2D eigenvalue weighted by Gasteiger charge is 2.46. The Hall–Kier alpha value is -0.530. The number of nitrogens with one attached hydrogen (secondary N) is 1. The molecule has 1 atom stereocenters. The van der Waals surface area contributed by atoms with E-state index in [4.69, 9.17) is 16.7 Å². The van der Waals surface area contributed by atoms with Crippen LogP contribution in [-0.4, -0.2) is 48.7 Å². The molecular weight excluding hydrogens is 340 g/mol. The van der Waals surface area contributed by atoms with Crippen LogP contribution in [0.5, 0.6) is 0 Å². The number of aliphatic hydroxyl groups is 1. The molecule has 2 rings (SSSR count). The molecule has 1 saturated heterocycles. The van der Waals surface area contributed by atoms with E-state index in [0.717, 1.165) is 6.07 Å². The van der Waals surface area contributed by atoms with E-state index in [2.05, 4.69) is 5.32 Å². The van der Waals surface area contributed by atoms with E-state index >= 15 is 0 Å². The van der Waals surface area contributed by atoms with Gasteiger partial charge in [0.1, 0.15) is 18.5 Å². The van der Waals surface area contributed by atoms with Crippen molar-refractivity contribution in [3.05, 3.63) is 34.1 Å². The van der Waals surface area contributed by atoms with Gasteiger partial charge in [-0.2, -0.15) is 0 Å². The van der Waals surface area contributed by atoms with Gasteiger partial charge in [-0.15, -0.1) is 12.4 Å².